The van der Waals surface area contributed by atoms with Crippen LogP contribution in [0.3, 0.4) is 0 Å². The average molecular weight is 1080 g/mol. The predicted octanol–water partition coefficient (Wildman–Crippen LogP) is 8.24. The molecule has 0 spiro atoms. The van der Waals surface area contributed by atoms with Gasteiger partial charge in [0.15, 0.2) is 11.5 Å². The molecule has 0 heterocycles. The van der Waals surface area contributed by atoms with Crippen molar-refractivity contribution in [2.75, 3.05) is 42.4 Å². The number of nitrogens with one attached hydrogen (secondary N) is 4. The summed E-state index contributed by atoms with van der Waals surface area (Å²) in [4.78, 5) is 44.3. The molecular formula is C40H47Br3ClIN4O6. The Morgan fingerprint density at radius 3 is 1.55 bits per heavy atom. The van der Waals surface area contributed by atoms with Crippen LogP contribution in [0, 0.1) is 3.57 Å². The highest BCUT2D eigenvalue weighted by molar-refractivity contribution is 14.1. The fourth-order valence-corrected chi connectivity index (χ4v) is 6.51. The van der Waals surface area contributed by atoms with E-state index in [-0.39, 0.29) is 23.6 Å². The van der Waals surface area contributed by atoms with Gasteiger partial charge in [-0.3, -0.25) is 19.2 Å². The normalized spacial score (nSPS) is 9.73. The maximum Gasteiger partial charge on any atom is 0.224 e. The number of aryl methyl sites for hydroxylation is 1. The zero-order valence-corrected chi connectivity index (χ0v) is 39.3. The lowest BCUT2D eigenvalue weighted by Crippen LogP contribution is -2.20. The Bertz CT molecular complexity index is 1850. The number of ether oxygens (including phenoxy) is 2. The highest BCUT2D eigenvalue weighted by Crippen LogP contribution is 2.33. The topological polar surface area (TPSA) is 135 Å². The largest absolute Gasteiger partial charge is 0.493 e. The Morgan fingerprint density at radius 2 is 1.04 bits per heavy atom. The number of carbonyl (C=O) groups is 4. The fraction of sp³-hybridized carbons (Fsp3) is 0.300. The van der Waals surface area contributed by atoms with Crippen molar-refractivity contribution in [3.05, 3.63) is 123 Å². The van der Waals surface area contributed by atoms with E-state index in [2.05, 4.69) is 97.7 Å². The number of hydrogen-bond acceptors (Lipinski definition) is 6. The zero-order valence-electron chi connectivity index (χ0n) is 31.6. The molecule has 55 heavy (non-hydrogen) atoms. The molecule has 0 radical (unpaired) electrons. The number of benzene rings is 4. The number of hydrogen-bond donors (Lipinski definition) is 4. The van der Waals surface area contributed by atoms with Crippen LogP contribution in [0.4, 0.5) is 0 Å². The van der Waals surface area contributed by atoms with E-state index in [0.717, 1.165) is 46.5 Å². The van der Waals surface area contributed by atoms with Crippen LogP contribution < -0.4 is 30.7 Å². The van der Waals surface area contributed by atoms with Crippen LogP contribution in [-0.4, -0.2) is 66.0 Å². The van der Waals surface area contributed by atoms with E-state index < -0.39 is 0 Å². The van der Waals surface area contributed by atoms with Gasteiger partial charge in [-0.15, -0.1) is 0 Å². The van der Waals surface area contributed by atoms with Crippen LogP contribution in [-0.2, 0) is 44.9 Å². The highest BCUT2D eigenvalue weighted by Gasteiger charge is 2.12. The molecule has 298 valence electrons. The Labute approximate surface area is 368 Å². The van der Waals surface area contributed by atoms with Crippen LogP contribution in [0.15, 0.2) is 92.3 Å². The molecule has 0 saturated heterocycles. The molecule has 0 aromatic heterocycles. The fourth-order valence-electron chi connectivity index (χ4n) is 4.40. The van der Waals surface area contributed by atoms with Gasteiger partial charge in [0.25, 0.3) is 0 Å². The molecule has 10 nitrogen and oxygen atoms in total. The number of carbonyl (C=O) groups excluding carboxylic acids is 4. The van der Waals surface area contributed by atoms with Crippen molar-refractivity contribution in [3.63, 3.8) is 0 Å². The molecule has 0 unspecified atom stereocenters. The maximum atomic E-state index is 11.3. The highest BCUT2D eigenvalue weighted by atomic mass is 127. The van der Waals surface area contributed by atoms with Gasteiger partial charge in [0, 0.05) is 56.6 Å². The maximum absolute atomic E-state index is 11.3. The first-order valence-corrected chi connectivity index (χ1v) is 20.7. The van der Waals surface area contributed by atoms with Gasteiger partial charge in [0.05, 0.1) is 33.5 Å². The summed E-state index contributed by atoms with van der Waals surface area (Å²) in [6.07, 6.45) is 3.54. The first-order valence-electron chi connectivity index (χ1n) is 16.9. The molecule has 0 aliphatic carbocycles. The van der Waals surface area contributed by atoms with Gasteiger partial charge in [-0.2, -0.15) is 0 Å². The monoisotopic (exact) mass is 1080 g/mol. The minimum Gasteiger partial charge on any atom is -0.493 e. The second kappa shape index (κ2) is 28.3. The Morgan fingerprint density at radius 1 is 0.582 bits per heavy atom. The third-order valence-corrected chi connectivity index (χ3v) is 11.1. The van der Waals surface area contributed by atoms with Gasteiger partial charge in [-0.05, 0) is 100 Å². The summed E-state index contributed by atoms with van der Waals surface area (Å²) >= 11 is 18.2. The van der Waals surface area contributed by atoms with Gasteiger partial charge in [0.1, 0.15) is 0 Å². The molecule has 0 saturated carbocycles. The molecule has 4 amide bonds. The molecule has 4 rings (SSSR count). The molecule has 0 atom stereocenters. The van der Waals surface area contributed by atoms with Gasteiger partial charge < -0.3 is 30.7 Å². The smallest absolute Gasteiger partial charge is 0.224 e. The van der Waals surface area contributed by atoms with Gasteiger partial charge in [0.2, 0.25) is 23.6 Å². The van der Waals surface area contributed by atoms with Gasteiger partial charge >= 0.3 is 0 Å². The summed E-state index contributed by atoms with van der Waals surface area (Å²) in [6.45, 7) is 0. The summed E-state index contributed by atoms with van der Waals surface area (Å²) in [5.41, 5.74) is 4.10. The van der Waals surface area contributed by atoms with Crippen molar-refractivity contribution in [2.24, 2.45) is 0 Å². The van der Waals surface area contributed by atoms with Crippen molar-refractivity contribution < 1.29 is 28.7 Å². The van der Waals surface area contributed by atoms with Crippen molar-refractivity contribution >= 4 is 106 Å². The third kappa shape index (κ3) is 20.0. The lowest BCUT2D eigenvalue weighted by molar-refractivity contribution is -0.121. The molecule has 15 heteroatoms. The van der Waals surface area contributed by atoms with Crippen molar-refractivity contribution in [1.82, 2.24) is 21.3 Å². The third-order valence-electron chi connectivity index (χ3n) is 7.49. The van der Waals surface area contributed by atoms with E-state index in [1.807, 2.05) is 48.5 Å². The molecule has 0 fully saturated rings. The van der Waals surface area contributed by atoms with Crippen LogP contribution in [0.2, 0.25) is 5.02 Å². The van der Waals surface area contributed by atoms with E-state index in [0.29, 0.717) is 42.2 Å². The van der Waals surface area contributed by atoms with E-state index in [9.17, 15) is 19.2 Å². The predicted molar refractivity (Wildman–Crippen MR) is 240 cm³/mol. The summed E-state index contributed by atoms with van der Waals surface area (Å²) in [7, 11) is 9.68. The van der Waals surface area contributed by atoms with Crippen molar-refractivity contribution in [3.8, 4) is 11.5 Å². The molecule has 4 aromatic rings. The average Bonchev–Trinajstić information content (AvgIpc) is 3.18. The number of likely N-dealkylation sites (N-methyl/N-ethyl adjacent to an activating group) is 3. The van der Waals surface area contributed by atoms with E-state index >= 15 is 0 Å². The van der Waals surface area contributed by atoms with Crippen LogP contribution in [0.5, 0.6) is 11.5 Å². The van der Waals surface area contributed by atoms with Gasteiger partial charge in [-0.1, -0.05) is 95.8 Å². The number of amides is 4. The lowest BCUT2D eigenvalue weighted by atomic mass is 10.1. The van der Waals surface area contributed by atoms with Crippen LogP contribution in [0.1, 0.15) is 35.1 Å². The Balaban J connectivity index is 0.000000369. The van der Waals surface area contributed by atoms with Crippen molar-refractivity contribution in [1.29, 1.82) is 0 Å². The first kappa shape index (κ1) is 49.8. The number of halogens is 5. The van der Waals surface area contributed by atoms with Crippen LogP contribution in [0.25, 0.3) is 0 Å². The number of rotatable bonds is 12. The lowest BCUT2D eigenvalue weighted by Gasteiger charge is -2.11. The minimum atomic E-state index is -0.0482. The molecule has 0 aliphatic rings. The van der Waals surface area contributed by atoms with Crippen LogP contribution >= 0.6 is 82.0 Å². The summed E-state index contributed by atoms with van der Waals surface area (Å²) in [5.74, 6) is 1.34. The summed E-state index contributed by atoms with van der Waals surface area (Å²) in [5, 5.41) is 11.0. The Kier molecular flexibility index (Phi) is 25.6. The summed E-state index contributed by atoms with van der Waals surface area (Å²) in [6, 6.07) is 25.0. The van der Waals surface area contributed by atoms with E-state index in [4.69, 9.17) is 21.1 Å². The van der Waals surface area contributed by atoms with E-state index in [1.54, 1.807) is 66.7 Å². The van der Waals surface area contributed by atoms with E-state index in [1.165, 1.54) is 5.56 Å². The molecule has 0 bridgehead atoms. The summed E-state index contributed by atoms with van der Waals surface area (Å²) < 4.78 is 14.3. The molecule has 4 aromatic carbocycles. The molecule has 4 N–H and O–H groups in total. The standard InChI is InChI=1S/C11H14BrNO3.C11H14BrNO.C9H9BrClNO.C9H10INO/c1-13-11(14)5-7-4-9(15-2)10(16-3)6-8(7)12;1-13-11(14)8-4-6-9-5-2-3-7-10(9)12;1-12-9(13)5-6-4-7(11)2-3-8(6)10;1-11-9(12)6-7-4-2-3-5-8(7)10/h4,6H,5H2,1-3H3,(H,13,14);2-3,5,7H,4,6,8H2,1H3,(H,13,14);2-4H,5H2,1H3,(H,12,13);2-5H,6H2,1H3,(H,11,12). The minimum absolute atomic E-state index is 0.0250. The first-order chi connectivity index (χ1) is 26.2. The zero-order chi connectivity index (χ0) is 41.3. The number of methoxy groups -OCH3 is 2. The van der Waals surface area contributed by atoms with Gasteiger partial charge in [-0.25, -0.2) is 0 Å². The molecule has 0 aliphatic heterocycles. The Hall–Kier alpha value is -3.18. The second-order valence-corrected chi connectivity index (χ2v) is 15.5. The second-order valence-electron chi connectivity index (χ2n) is 11.3. The SMILES string of the molecule is CNC(=O)CCCc1ccccc1Br.CNC(=O)Cc1cc(Cl)ccc1Br.CNC(=O)Cc1cc(OC)c(OC)cc1Br.CNC(=O)Cc1ccccc1I. The van der Waals surface area contributed by atoms with Crippen molar-refractivity contribution in [2.45, 2.75) is 38.5 Å². The quantitative estimate of drug-likeness (QED) is 0.106. The molecular weight excluding hydrogens is 1030 g/mol.